The van der Waals surface area contributed by atoms with Crippen LogP contribution in [0.25, 0.3) is 11.1 Å². The Labute approximate surface area is 141 Å². The van der Waals surface area contributed by atoms with Gasteiger partial charge in [-0.05, 0) is 29.2 Å². The van der Waals surface area contributed by atoms with Gasteiger partial charge in [0.15, 0.2) is 0 Å². The molecule has 1 amide bonds. The minimum absolute atomic E-state index is 0.444. The number of hydrogen-bond donors (Lipinski definition) is 2. The van der Waals surface area contributed by atoms with Crippen LogP contribution < -0.4 is 5.32 Å². The van der Waals surface area contributed by atoms with Crippen LogP contribution in [0.15, 0.2) is 48.5 Å². The molecular formula is C18H14F3NO3. The second-order valence-electron chi connectivity index (χ2n) is 6.02. The van der Waals surface area contributed by atoms with Crippen LogP contribution >= 0.6 is 0 Å². The number of rotatable bonds is 3. The Morgan fingerprint density at radius 1 is 0.960 bits per heavy atom. The van der Waals surface area contributed by atoms with Crippen molar-refractivity contribution in [1.82, 2.24) is 5.32 Å². The first-order valence-electron chi connectivity index (χ1n) is 7.47. The van der Waals surface area contributed by atoms with Gasteiger partial charge < -0.3 is 10.4 Å². The fourth-order valence-electron chi connectivity index (χ4n) is 3.00. The van der Waals surface area contributed by atoms with Gasteiger partial charge in [0.2, 0.25) is 11.4 Å². The lowest BCUT2D eigenvalue weighted by Crippen LogP contribution is -2.62. The fraction of sp³-hybridized carbons (Fsp3) is 0.222. The molecule has 2 N–H and O–H groups in total. The molecule has 0 saturated heterocycles. The molecule has 0 heterocycles. The predicted molar refractivity (Wildman–Crippen MR) is 84.0 cm³/mol. The number of carbonyl (C=O) groups is 2. The van der Waals surface area contributed by atoms with Crippen molar-refractivity contribution in [2.24, 2.45) is 0 Å². The highest BCUT2D eigenvalue weighted by atomic mass is 19.4. The normalized spacial score (nSPS) is 15.8. The van der Waals surface area contributed by atoms with Gasteiger partial charge in [0, 0.05) is 0 Å². The van der Waals surface area contributed by atoms with Crippen LogP contribution in [0.4, 0.5) is 13.2 Å². The number of alkyl halides is 3. The molecule has 0 bridgehead atoms. The number of amides is 1. The Kier molecular flexibility index (Phi) is 3.82. The number of aliphatic carboxylic acids is 1. The predicted octanol–water partition coefficient (Wildman–Crippen LogP) is 3.32. The molecule has 2 aromatic carbocycles. The van der Waals surface area contributed by atoms with E-state index < -0.39 is 29.5 Å². The zero-order chi connectivity index (χ0) is 18.4. The van der Waals surface area contributed by atoms with E-state index in [2.05, 4.69) is 0 Å². The molecule has 0 aliphatic heterocycles. The maximum absolute atomic E-state index is 13.2. The third-order valence-corrected chi connectivity index (χ3v) is 4.46. The minimum atomic E-state index is -5.13. The van der Waals surface area contributed by atoms with Crippen LogP contribution in [0.5, 0.6) is 0 Å². The molecule has 0 fully saturated rings. The summed E-state index contributed by atoms with van der Waals surface area (Å²) in [6.45, 7) is 0.444. The van der Waals surface area contributed by atoms with Crippen LogP contribution in [0.1, 0.15) is 24.0 Å². The van der Waals surface area contributed by atoms with Crippen LogP contribution in [0, 0.1) is 0 Å². The van der Waals surface area contributed by atoms with E-state index in [1.165, 1.54) is 0 Å². The average Bonchev–Trinajstić information content (AvgIpc) is 2.88. The van der Waals surface area contributed by atoms with Crippen LogP contribution in [0.3, 0.4) is 0 Å². The number of benzene rings is 2. The average molecular weight is 349 g/mol. The lowest BCUT2D eigenvalue weighted by atomic mass is 9.93. The number of halogens is 3. The van der Waals surface area contributed by atoms with Gasteiger partial charge in [-0.1, -0.05) is 48.5 Å². The van der Waals surface area contributed by atoms with Gasteiger partial charge in [0.1, 0.15) is 0 Å². The molecular weight excluding hydrogens is 335 g/mol. The molecule has 0 spiro atoms. The second-order valence-corrected chi connectivity index (χ2v) is 6.02. The Hall–Kier alpha value is -2.83. The van der Waals surface area contributed by atoms with Crippen molar-refractivity contribution in [3.8, 4) is 11.1 Å². The lowest BCUT2D eigenvalue weighted by molar-refractivity contribution is -0.207. The van der Waals surface area contributed by atoms with Crippen molar-refractivity contribution < 1.29 is 27.9 Å². The molecule has 0 radical (unpaired) electrons. The van der Waals surface area contributed by atoms with Gasteiger partial charge in [-0.3, -0.25) is 4.79 Å². The molecule has 7 heteroatoms. The van der Waals surface area contributed by atoms with Crippen molar-refractivity contribution in [3.63, 3.8) is 0 Å². The van der Waals surface area contributed by atoms with Crippen molar-refractivity contribution in [1.29, 1.82) is 0 Å². The second kappa shape index (κ2) is 5.61. The minimum Gasteiger partial charge on any atom is -0.479 e. The first-order valence-corrected chi connectivity index (χ1v) is 7.47. The first kappa shape index (κ1) is 17.0. The van der Waals surface area contributed by atoms with Crippen molar-refractivity contribution in [3.05, 3.63) is 59.7 Å². The summed E-state index contributed by atoms with van der Waals surface area (Å²) in [6, 6.07) is 13.8. The van der Waals surface area contributed by atoms with Crippen molar-refractivity contribution >= 4 is 11.9 Å². The number of carbonyl (C=O) groups excluding carboxylic acids is 1. The Morgan fingerprint density at radius 3 is 1.80 bits per heavy atom. The van der Waals surface area contributed by atoms with E-state index in [1.54, 1.807) is 53.8 Å². The molecule has 3 rings (SSSR count). The lowest BCUT2D eigenvalue weighted by Gasteiger charge is -2.30. The van der Waals surface area contributed by atoms with Gasteiger partial charge in [0.05, 0.1) is 5.92 Å². The fourth-order valence-corrected chi connectivity index (χ4v) is 3.00. The Bertz CT molecular complexity index is 817. The summed E-state index contributed by atoms with van der Waals surface area (Å²) in [6.07, 6.45) is -5.13. The standard InChI is InChI=1S/C18H14F3NO3/c1-17(16(24)25,18(19,20)21)22-15(23)14-12-8-4-2-6-10(12)11-7-3-5-9-13(11)14/h2-9,14H,1H3,(H,22,23)(H,24,25)/t17-/m0/s1. The summed E-state index contributed by atoms with van der Waals surface area (Å²) < 4.78 is 39.6. The van der Waals surface area contributed by atoms with Crippen LogP contribution in [0.2, 0.25) is 0 Å². The van der Waals surface area contributed by atoms with Gasteiger partial charge in [-0.15, -0.1) is 0 Å². The summed E-state index contributed by atoms with van der Waals surface area (Å²) in [5.74, 6) is -4.15. The maximum atomic E-state index is 13.2. The van der Waals surface area contributed by atoms with Crippen LogP contribution in [-0.2, 0) is 9.59 Å². The summed E-state index contributed by atoms with van der Waals surface area (Å²) in [5, 5.41) is 10.7. The molecule has 130 valence electrons. The van der Waals surface area contributed by atoms with Gasteiger partial charge >= 0.3 is 12.1 Å². The third-order valence-electron chi connectivity index (χ3n) is 4.46. The SMILES string of the molecule is C[C@](NC(=O)C1c2ccccc2-c2ccccc21)(C(=O)O)C(F)(F)F. The van der Waals surface area contributed by atoms with Crippen LogP contribution in [-0.4, -0.2) is 28.7 Å². The quantitative estimate of drug-likeness (QED) is 0.893. The van der Waals surface area contributed by atoms with E-state index in [9.17, 15) is 22.8 Å². The van der Waals surface area contributed by atoms with E-state index in [1.807, 2.05) is 0 Å². The highest BCUT2D eigenvalue weighted by molar-refractivity contribution is 5.98. The smallest absolute Gasteiger partial charge is 0.422 e. The number of nitrogens with one attached hydrogen (secondary N) is 1. The molecule has 0 saturated carbocycles. The summed E-state index contributed by atoms with van der Waals surface area (Å²) >= 11 is 0. The molecule has 1 atom stereocenters. The zero-order valence-corrected chi connectivity index (χ0v) is 13.1. The van der Waals surface area contributed by atoms with E-state index in [0.29, 0.717) is 18.1 Å². The number of carboxylic acid groups (broad SMARTS) is 1. The van der Waals surface area contributed by atoms with E-state index >= 15 is 0 Å². The largest absolute Gasteiger partial charge is 0.479 e. The molecule has 1 aliphatic rings. The Balaban J connectivity index is 2.05. The van der Waals surface area contributed by atoms with Gasteiger partial charge in [-0.25, -0.2) is 4.79 Å². The first-order chi connectivity index (χ1) is 11.7. The summed E-state index contributed by atoms with van der Waals surface area (Å²) in [5.41, 5.74) is -0.756. The molecule has 1 aliphatic carbocycles. The monoisotopic (exact) mass is 349 g/mol. The maximum Gasteiger partial charge on any atom is 0.422 e. The van der Waals surface area contributed by atoms with Gasteiger partial charge in [0.25, 0.3) is 0 Å². The number of hydrogen-bond acceptors (Lipinski definition) is 2. The van der Waals surface area contributed by atoms with Crippen molar-refractivity contribution in [2.45, 2.75) is 24.6 Å². The molecule has 0 unspecified atom stereocenters. The van der Waals surface area contributed by atoms with Gasteiger partial charge in [-0.2, -0.15) is 13.2 Å². The summed E-state index contributed by atoms with van der Waals surface area (Å²) in [7, 11) is 0. The highest BCUT2D eigenvalue weighted by Gasteiger charge is 2.59. The Morgan fingerprint density at radius 2 is 1.40 bits per heavy atom. The van der Waals surface area contributed by atoms with E-state index in [-0.39, 0.29) is 0 Å². The molecule has 2 aromatic rings. The molecule has 25 heavy (non-hydrogen) atoms. The van der Waals surface area contributed by atoms with E-state index in [0.717, 1.165) is 11.1 Å². The van der Waals surface area contributed by atoms with Crippen molar-refractivity contribution in [2.75, 3.05) is 0 Å². The third kappa shape index (κ3) is 2.56. The zero-order valence-electron chi connectivity index (χ0n) is 13.1. The molecule has 4 nitrogen and oxygen atoms in total. The highest BCUT2D eigenvalue weighted by Crippen LogP contribution is 2.45. The van der Waals surface area contributed by atoms with E-state index in [4.69, 9.17) is 5.11 Å². The number of fused-ring (bicyclic) bond motifs is 3. The number of carboxylic acids is 1. The topological polar surface area (TPSA) is 66.4 Å². The molecule has 0 aromatic heterocycles. The summed E-state index contributed by atoms with van der Waals surface area (Å²) in [4.78, 5) is 23.8.